The number of carbonyl (C=O) groups excluding carboxylic acids is 1. The Labute approximate surface area is 180 Å². The molecule has 0 fully saturated rings. The predicted octanol–water partition coefficient (Wildman–Crippen LogP) is 2.26. The Hall–Kier alpha value is -3.51. The van der Waals surface area contributed by atoms with Crippen LogP contribution in [0.15, 0.2) is 59.9 Å². The molecule has 0 bridgehead atoms. The van der Waals surface area contributed by atoms with Gasteiger partial charge in [-0.05, 0) is 18.2 Å². The molecule has 158 valence electrons. The molecule has 9 nitrogen and oxygen atoms in total. The SMILES string of the molecule is CS(=O)(=O)c1ccc(-c2ncc(C(=O)NCc3cn(-c4cc(F)ccn4)nn3)s2)cc1. The predicted molar refractivity (Wildman–Crippen MR) is 111 cm³/mol. The number of nitrogens with one attached hydrogen (secondary N) is 1. The number of hydrogen-bond acceptors (Lipinski definition) is 8. The lowest BCUT2D eigenvalue weighted by Crippen LogP contribution is -2.22. The quantitative estimate of drug-likeness (QED) is 0.471. The lowest BCUT2D eigenvalue weighted by molar-refractivity contribution is 0.0954. The minimum atomic E-state index is -3.28. The number of nitrogens with zero attached hydrogens (tertiary/aromatic N) is 5. The van der Waals surface area contributed by atoms with Crippen LogP contribution in [0.4, 0.5) is 4.39 Å². The number of halogens is 1. The van der Waals surface area contributed by atoms with E-state index in [1.165, 1.54) is 52.7 Å². The normalized spacial score (nSPS) is 11.4. The average Bonchev–Trinajstić information content (AvgIpc) is 3.42. The van der Waals surface area contributed by atoms with Crippen LogP contribution in [0.25, 0.3) is 16.4 Å². The topological polar surface area (TPSA) is 120 Å². The minimum Gasteiger partial charge on any atom is -0.346 e. The van der Waals surface area contributed by atoms with Crippen molar-refractivity contribution >= 4 is 27.1 Å². The third-order valence-corrected chi connectivity index (χ3v) is 6.35. The Balaban J connectivity index is 1.41. The van der Waals surface area contributed by atoms with Crippen molar-refractivity contribution in [3.63, 3.8) is 0 Å². The van der Waals surface area contributed by atoms with Crippen LogP contribution in [0.5, 0.6) is 0 Å². The summed E-state index contributed by atoms with van der Waals surface area (Å²) in [6, 6.07) is 8.75. The summed E-state index contributed by atoms with van der Waals surface area (Å²) < 4.78 is 37.7. The van der Waals surface area contributed by atoms with Gasteiger partial charge in [0, 0.05) is 24.1 Å². The summed E-state index contributed by atoms with van der Waals surface area (Å²) in [4.78, 5) is 21.3. The molecule has 3 aromatic heterocycles. The van der Waals surface area contributed by atoms with Crippen LogP contribution < -0.4 is 5.32 Å². The fourth-order valence-electron chi connectivity index (χ4n) is 2.63. The fourth-order valence-corrected chi connectivity index (χ4v) is 4.09. The van der Waals surface area contributed by atoms with Gasteiger partial charge in [0.15, 0.2) is 15.7 Å². The minimum absolute atomic E-state index is 0.116. The summed E-state index contributed by atoms with van der Waals surface area (Å²) in [5.74, 6) is -0.503. The maximum atomic E-state index is 13.3. The van der Waals surface area contributed by atoms with Gasteiger partial charge in [-0.1, -0.05) is 17.3 Å². The fraction of sp³-hybridized carbons (Fsp3) is 0.105. The second-order valence-corrected chi connectivity index (χ2v) is 9.54. The van der Waals surface area contributed by atoms with E-state index in [0.717, 1.165) is 6.26 Å². The van der Waals surface area contributed by atoms with E-state index < -0.39 is 15.7 Å². The Morgan fingerprint density at radius 1 is 1.19 bits per heavy atom. The molecule has 0 saturated carbocycles. The standard InChI is InChI=1S/C19H15FN6O3S2/c1-31(28,29)15-4-2-12(3-5-15)19-23-10-16(30-19)18(27)22-9-14-11-26(25-24-14)17-8-13(20)6-7-21-17/h2-8,10-11H,9H2,1H3,(H,22,27). The van der Waals surface area contributed by atoms with E-state index in [4.69, 9.17) is 0 Å². The maximum absolute atomic E-state index is 13.3. The van der Waals surface area contributed by atoms with Gasteiger partial charge >= 0.3 is 0 Å². The molecular weight excluding hydrogens is 443 g/mol. The van der Waals surface area contributed by atoms with Crippen LogP contribution >= 0.6 is 11.3 Å². The molecule has 0 aliphatic carbocycles. The highest BCUT2D eigenvalue weighted by Crippen LogP contribution is 2.26. The molecule has 4 aromatic rings. The summed E-state index contributed by atoms with van der Waals surface area (Å²) >= 11 is 1.18. The molecule has 0 spiro atoms. The van der Waals surface area contributed by atoms with E-state index in [9.17, 15) is 17.6 Å². The van der Waals surface area contributed by atoms with Crippen molar-refractivity contribution in [3.8, 4) is 16.4 Å². The van der Waals surface area contributed by atoms with Gasteiger partial charge in [0.05, 0.1) is 23.8 Å². The van der Waals surface area contributed by atoms with Gasteiger partial charge in [0.2, 0.25) is 0 Å². The number of rotatable bonds is 6. The maximum Gasteiger partial charge on any atom is 0.263 e. The van der Waals surface area contributed by atoms with Crippen molar-refractivity contribution in [2.75, 3.05) is 6.26 Å². The van der Waals surface area contributed by atoms with E-state index in [0.29, 0.717) is 21.1 Å². The van der Waals surface area contributed by atoms with Gasteiger partial charge in [-0.15, -0.1) is 16.4 Å². The molecular formula is C19H15FN6O3S2. The highest BCUT2D eigenvalue weighted by atomic mass is 32.2. The van der Waals surface area contributed by atoms with Crippen molar-refractivity contribution in [2.45, 2.75) is 11.4 Å². The summed E-state index contributed by atoms with van der Waals surface area (Å²) in [7, 11) is -3.28. The number of pyridine rings is 1. The molecule has 0 atom stereocenters. The zero-order valence-electron chi connectivity index (χ0n) is 16.1. The Morgan fingerprint density at radius 3 is 2.68 bits per heavy atom. The number of hydrogen-bond donors (Lipinski definition) is 1. The van der Waals surface area contributed by atoms with Gasteiger partial charge in [0.25, 0.3) is 5.91 Å². The van der Waals surface area contributed by atoms with E-state index in [1.54, 1.807) is 18.3 Å². The number of benzene rings is 1. The summed E-state index contributed by atoms with van der Waals surface area (Å²) in [6.07, 6.45) is 5.46. The number of thiazole rings is 1. The van der Waals surface area contributed by atoms with Crippen LogP contribution in [0.1, 0.15) is 15.4 Å². The van der Waals surface area contributed by atoms with Gasteiger partial charge in [-0.25, -0.2) is 27.5 Å². The van der Waals surface area contributed by atoms with Crippen molar-refractivity contribution in [1.29, 1.82) is 0 Å². The van der Waals surface area contributed by atoms with Crippen molar-refractivity contribution < 1.29 is 17.6 Å². The molecule has 12 heteroatoms. The molecule has 31 heavy (non-hydrogen) atoms. The number of carbonyl (C=O) groups is 1. The molecule has 0 unspecified atom stereocenters. The van der Waals surface area contributed by atoms with Crippen LogP contribution in [-0.2, 0) is 16.4 Å². The van der Waals surface area contributed by atoms with Crippen molar-refractivity contribution in [3.05, 3.63) is 71.4 Å². The van der Waals surface area contributed by atoms with E-state index in [-0.39, 0.29) is 23.2 Å². The largest absolute Gasteiger partial charge is 0.346 e. The van der Waals surface area contributed by atoms with Crippen molar-refractivity contribution in [1.82, 2.24) is 30.3 Å². The zero-order chi connectivity index (χ0) is 22.0. The van der Waals surface area contributed by atoms with Crippen LogP contribution in [-0.4, -0.2) is 45.5 Å². The highest BCUT2D eigenvalue weighted by molar-refractivity contribution is 7.90. The number of amides is 1. The molecule has 0 aliphatic heterocycles. The number of aromatic nitrogens is 5. The molecule has 4 rings (SSSR count). The third kappa shape index (κ3) is 4.81. The van der Waals surface area contributed by atoms with Crippen LogP contribution in [0.2, 0.25) is 0 Å². The Kier molecular flexibility index (Phi) is 5.57. The first kappa shape index (κ1) is 20.8. The molecule has 1 aromatic carbocycles. The molecule has 3 heterocycles. The first-order chi connectivity index (χ1) is 14.8. The summed E-state index contributed by atoms with van der Waals surface area (Å²) in [6.45, 7) is 0.116. The van der Waals surface area contributed by atoms with Crippen LogP contribution in [0, 0.1) is 5.82 Å². The summed E-state index contributed by atoms with van der Waals surface area (Å²) in [5, 5.41) is 11.1. The van der Waals surface area contributed by atoms with Gasteiger partial charge in [-0.3, -0.25) is 4.79 Å². The Morgan fingerprint density at radius 2 is 1.97 bits per heavy atom. The zero-order valence-corrected chi connectivity index (χ0v) is 17.7. The smallest absolute Gasteiger partial charge is 0.263 e. The average molecular weight is 459 g/mol. The second-order valence-electron chi connectivity index (χ2n) is 6.50. The lowest BCUT2D eigenvalue weighted by atomic mass is 10.2. The van der Waals surface area contributed by atoms with E-state index >= 15 is 0 Å². The molecule has 0 saturated heterocycles. The van der Waals surface area contributed by atoms with Gasteiger partial charge < -0.3 is 5.32 Å². The second kappa shape index (κ2) is 8.32. The molecule has 1 amide bonds. The lowest BCUT2D eigenvalue weighted by Gasteiger charge is -2.00. The molecule has 0 radical (unpaired) electrons. The number of sulfone groups is 1. The van der Waals surface area contributed by atoms with Gasteiger partial charge in [0.1, 0.15) is 21.4 Å². The van der Waals surface area contributed by atoms with E-state index in [2.05, 4.69) is 25.6 Å². The third-order valence-electron chi connectivity index (χ3n) is 4.17. The van der Waals surface area contributed by atoms with Crippen molar-refractivity contribution in [2.24, 2.45) is 0 Å². The molecule has 0 aliphatic rings. The Bertz CT molecular complexity index is 1350. The van der Waals surface area contributed by atoms with Gasteiger partial charge in [-0.2, -0.15) is 0 Å². The van der Waals surface area contributed by atoms with Crippen LogP contribution in [0.3, 0.4) is 0 Å². The molecule has 1 N–H and O–H groups in total. The summed E-state index contributed by atoms with van der Waals surface area (Å²) in [5.41, 5.74) is 1.18. The van der Waals surface area contributed by atoms with E-state index in [1.807, 2.05) is 0 Å². The first-order valence-corrected chi connectivity index (χ1v) is 11.6. The first-order valence-electron chi connectivity index (χ1n) is 8.87. The monoisotopic (exact) mass is 458 g/mol. The highest BCUT2D eigenvalue weighted by Gasteiger charge is 2.14.